The van der Waals surface area contributed by atoms with Crippen LogP contribution in [0.15, 0.2) is 17.2 Å². The number of nitrogens with zero attached hydrogens (tertiary/aromatic N) is 1. The summed E-state index contributed by atoms with van der Waals surface area (Å²) in [5.41, 5.74) is -0.477. The van der Waals surface area contributed by atoms with Gasteiger partial charge in [0.1, 0.15) is 10.6 Å². The molecule has 1 aromatic rings. The van der Waals surface area contributed by atoms with Gasteiger partial charge in [-0.1, -0.05) is 19.3 Å². The molecule has 0 atom stereocenters. The summed E-state index contributed by atoms with van der Waals surface area (Å²) in [4.78, 5) is 11.0. The molecule has 1 heterocycles. The molecule has 6 nitrogen and oxygen atoms in total. The van der Waals surface area contributed by atoms with Crippen LogP contribution in [-0.2, 0) is 17.1 Å². The number of hydrogen-bond acceptors (Lipinski definition) is 3. The second-order valence-electron chi connectivity index (χ2n) is 5.70. The normalized spacial score (nSPS) is 18.9. The van der Waals surface area contributed by atoms with Crippen LogP contribution in [0.5, 0.6) is 0 Å². The Balaban J connectivity index is 2.26. The minimum atomic E-state index is -3.69. The number of rotatable bonds is 4. The summed E-state index contributed by atoms with van der Waals surface area (Å²) < 4.78 is 28.8. The van der Waals surface area contributed by atoms with E-state index in [1.54, 1.807) is 0 Å². The first-order chi connectivity index (χ1) is 9.23. The Morgan fingerprint density at radius 3 is 2.45 bits per heavy atom. The molecule has 0 radical (unpaired) electrons. The van der Waals surface area contributed by atoms with Crippen molar-refractivity contribution in [3.63, 3.8) is 0 Å². The molecular weight excluding hydrogens is 280 g/mol. The van der Waals surface area contributed by atoms with Crippen molar-refractivity contribution in [2.24, 2.45) is 7.05 Å². The summed E-state index contributed by atoms with van der Waals surface area (Å²) in [5.74, 6) is -1.14. The number of aryl methyl sites for hydroxylation is 1. The van der Waals surface area contributed by atoms with Crippen molar-refractivity contribution in [1.29, 1.82) is 0 Å². The molecule has 0 aromatic carbocycles. The highest BCUT2D eigenvalue weighted by Crippen LogP contribution is 2.29. The van der Waals surface area contributed by atoms with E-state index >= 15 is 0 Å². The van der Waals surface area contributed by atoms with Crippen molar-refractivity contribution in [1.82, 2.24) is 9.29 Å². The van der Waals surface area contributed by atoms with Crippen LogP contribution in [0.1, 0.15) is 49.5 Å². The average Bonchev–Trinajstić information content (AvgIpc) is 2.72. The SMILES string of the molecule is Cn1cc(S(=O)(=O)NC2(C)CCCCC2)cc1C(=O)O. The van der Waals surface area contributed by atoms with Gasteiger partial charge in [-0.2, -0.15) is 0 Å². The van der Waals surface area contributed by atoms with Crippen molar-refractivity contribution in [3.05, 3.63) is 18.0 Å². The molecule has 1 aromatic heterocycles. The molecule has 1 aliphatic rings. The molecule has 7 heteroatoms. The number of carboxylic acids is 1. The Labute approximate surface area is 118 Å². The summed E-state index contributed by atoms with van der Waals surface area (Å²) in [5, 5.41) is 8.98. The monoisotopic (exact) mass is 300 g/mol. The van der Waals surface area contributed by atoms with E-state index in [0.29, 0.717) is 0 Å². The van der Waals surface area contributed by atoms with Gasteiger partial charge in [-0.25, -0.2) is 17.9 Å². The predicted molar refractivity (Wildman–Crippen MR) is 74.2 cm³/mol. The van der Waals surface area contributed by atoms with E-state index in [0.717, 1.165) is 32.1 Å². The Morgan fingerprint density at radius 2 is 1.95 bits per heavy atom. The molecule has 112 valence electrons. The minimum absolute atomic E-state index is 0.00389. The van der Waals surface area contributed by atoms with Gasteiger partial charge in [0, 0.05) is 18.8 Å². The summed E-state index contributed by atoms with van der Waals surface area (Å²) in [6.07, 6.45) is 6.10. The standard InChI is InChI=1S/C13H20N2O4S/c1-13(6-4-3-5-7-13)14-20(18,19)10-8-11(12(16)17)15(2)9-10/h8-9,14H,3-7H2,1-2H3,(H,16,17). The maximum absolute atomic E-state index is 12.4. The molecule has 0 spiro atoms. The van der Waals surface area contributed by atoms with E-state index in [1.807, 2.05) is 6.92 Å². The number of hydrogen-bond donors (Lipinski definition) is 2. The van der Waals surface area contributed by atoms with Crippen LogP contribution in [0.25, 0.3) is 0 Å². The number of nitrogens with one attached hydrogen (secondary N) is 1. The van der Waals surface area contributed by atoms with Crippen molar-refractivity contribution in [2.45, 2.75) is 49.5 Å². The van der Waals surface area contributed by atoms with E-state index < -0.39 is 21.5 Å². The lowest BCUT2D eigenvalue weighted by Gasteiger charge is -2.33. The van der Waals surface area contributed by atoms with Crippen molar-refractivity contribution >= 4 is 16.0 Å². The van der Waals surface area contributed by atoms with Gasteiger partial charge in [0.2, 0.25) is 10.0 Å². The number of carboxylic acid groups (broad SMARTS) is 1. The number of aromatic carboxylic acids is 1. The smallest absolute Gasteiger partial charge is 0.352 e. The summed E-state index contributed by atoms with van der Waals surface area (Å²) >= 11 is 0. The third kappa shape index (κ3) is 3.04. The fourth-order valence-electron chi connectivity index (χ4n) is 2.71. The third-order valence-corrected chi connectivity index (χ3v) is 5.45. The molecule has 2 rings (SSSR count). The van der Waals surface area contributed by atoms with Crippen LogP contribution in [-0.4, -0.2) is 29.6 Å². The first kappa shape index (κ1) is 15.1. The molecule has 0 aliphatic heterocycles. The lowest BCUT2D eigenvalue weighted by molar-refractivity contribution is 0.0686. The second-order valence-corrected chi connectivity index (χ2v) is 7.39. The summed E-state index contributed by atoms with van der Waals surface area (Å²) in [6, 6.07) is 1.19. The van der Waals surface area contributed by atoms with E-state index in [-0.39, 0.29) is 10.6 Å². The molecule has 0 amide bonds. The van der Waals surface area contributed by atoms with Gasteiger partial charge in [0.15, 0.2) is 0 Å². The highest BCUT2D eigenvalue weighted by Gasteiger charge is 2.32. The molecule has 20 heavy (non-hydrogen) atoms. The Bertz CT molecular complexity index is 612. The number of carbonyl (C=O) groups is 1. The lowest BCUT2D eigenvalue weighted by atomic mass is 9.84. The predicted octanol–water partition coefficient (Wildman–Crippen LogP) is 1.72. The van der Waals surface area contributed by atoms with Crippen molar-refractivity contribution in [2.75, 3.05) is 0 Å². The van der Waals surface area contributed by atoms with Gasteiger partial charge in [0.05, 0.1) is 0 Å². The zero-order chi connectivity index (χ0) is 15.0. The number of sulfonamides is 1. The maximum Gasteiger partial charge on any atom is 0.352 e. The summed E-state index contributed by atoms with van der Waals surface area (Å²) in [6.45, 7) is 1.91. The molecule has 0 saturated heterocycles. The fraction of sp³-hybridized carbons (Fsp3) is 0.615. The number of aromatic nitrogens is 1. The zero-order valence-corrected chi connectivity index (χ0v) is 12.5. The Hall–Kier alpha value is -1.34. The van der Waals surface area contributed by atoms with Gasteiger partial charge in [0.25, 0.3) is 0 Å². The van der Waals surface area contributed by atoms with Gasteiger partial charge < -0.3 is 9.67 Å². The molecular formula is C13H20N2O4S. The highest BCUT2D eigenvalue weighted by molar-refractivity contribution is 7.89. The molecule has 1 saturated carbocycles. The fourth-order valence-corrected chi connectivity index (χ4v) is 4.25. The van der Waals surface area contributed by atoms with Gasteiger partial charge in [-0.15, -0.1) is 0 Å². The highest BCUT2D eigenvalue weighted by atomic mass is 32.2. The summed E-state index contributed by atoms with van der Waals surface area (Å²) in [7, 11) is -2.17. The van der Waals surface area contributed by atoms with Crippen LogP contribution in [0.4, 0.5) is 0 Å². The van der Waals surface area contributed by atoms with E-state index in [2.05, 4.69) is 4.72 Å². The van der Waals surface area contributed by atoms with Crippen molar-refractivity contribution in [3.8, 4) is 0 Å². The van der Waals surface area contributed by atoms with Crippen LogP contribution in [0, 0.1) is 0 Å². The molecule has 1 fully saturated rings. The van der Waals surface area contributed by atoms with E-state index in [9.17, 15) is 13.2 Å². The van der Waals surface area contributed by atoms with Gasteiger partial charge in [-0.3, -0.25) is 0 Å². The van der Waals surface area contributed by atoms with E-state index in [1.165, 1.54) is 23.9 Å². The Morgan fingerprint density at radius 1 is 1.35 bits per heavy atom. The zero-order valence-electron chi connectivity index (χ0n) is 11.7. The first-order valence-corrected chi connectivity index (χ1v) is 8.15. The molecule has 0 bridgehead atoms. The maximum atomic E-state index is 12.4. The van der Waals surface area contributed by atoms with Crippen LogP contribution in [0.3, 0.4) is 0 Å². The molecule has 2 N–H and O–H groups in total. The van der Waals surface area contributed by atoms with Crippen LogP contribution in [0.2, 0.25) is 0 Å². The average molecular weight is 300 g/mol. The lowest BCUT2D eigenvalue weighted by Crippen LogP contribution is -2.46. The second kappa shape index (κ2) is 5.21. The van der Waals surface area contributed by atoms with E-state index in [4.69, 9.17) is 5.11 Å². The third-order valence-electron chi connectivity index (χ3n) is 3.85. The van der Waals surface area contributed by atoms with Gasteiger partial charge >= 0.3 is 5.97 Å². The molecule has 1 aliphatic carbocycles. The Kier molecular flexibility index (Phi) is 3.93. The van der Waals surface area contributed by atoms with Gasteiger partial charge in [-0.05, 0) is 25.8 Å². The topological polar surface area (TPSA) is 88.4 Å². The molecule has 0 unspecified atom stereocenters. The van der Waals surface area contributed by atoms with Crippen LogP contribution < -0.4 is 4.72 Å². The van der Waals surface area contributed by atoms with Crippen molar-refractivity contribution < 1.29 is 18.3 Å². The quantitative estimate of drug-likeness (QED) is 0.886. The minimum Gasteiger partial charge on any atom is -0.477 e. The van der Waals surface area contributed by atoms with Crippen LogP contribution >= 0.6 is 0 Å². The first-order valence-electron chi connectivity index (χ1n) is 6.67. The largest absolute Gasteiger partial charge is 0.477 e.